The number of nitrogens with zero attached hydrogens (tertiary/aromatic N) is 4. The van der Waals surface area contributed by atoms with Crippen molar-refractivity contribution in [3.8, 4) is 17.6 Å². The fraction of sp³-hybridized carbons (Fsp3) is 0. The minimum absolute atomic E-state index is 0.0421. The molecule has 0 saturated carbocycles. The van der Waals surface area contributed by atoms with Crippen molar-refractivity contribution >= 4 is 39.9 Å². The molecule has 8 heteroatoms. The van der Waals surface area contributed by atoms with Gasteiger partial charge < -0.3 is 20.2 Å². The van der Waals surface area contributed by atoms with E-state index < -0.39 is 11.7 Å². The number of carboxylic acid groups (broad SMARTS) is 1. The van der Waals surface area contributed by atoms with Crippen LogP contribution < -0.4 is 0 Å². The zero-order chi connectivity index (χ0) is 24.9. The van der Waals surface area contributed by atoms with Crippen LogP contribution >= 0.6 is 0 Å². The van der Waals surface area contributed by atoms with Crippen molar-refractivity contribution < 1.29 is 20.1 Å². The number of nitriles is 1. The maximum atomic E-state index is 11.6. The minimum atomic E-state index is -1.32. The van der Waals surface area contributed by atoms with E-state index in [0.717, 1.165) is 11.6 Å². The summed E-state index contributed by atoms with van der Waals surface area (Å²) >= 11 is 0. The molecule has 0 spiro atoms. The number of carboxylic acids is 1. The Kier molecular flexibility index (Phi) is 6.21. The van der Waals surface area contributed by atoms with Crippen molar-refractivity contribution in [2.45, 2.75) is 0 Å². The zero-order valence-corrected chi connectivity index (χ0v) is 18.0. The first-order chi connectivity index (χ1) is 16.9. The second kappa shape index (κ2) is 9.57. The molecule has 0 fully saturated rings. The molecule has 0 aliphatic heterocycles. The maximum Gasteiger partial charge on any atom is 0.339 e. The molecule has 4 aromatic rings. The third-order valence-electron chi connectivity index (χ3n) is 5.30. The summed E-state index contributed by atoms with van der Waals surface area (Å²) in [4.78, 5) is 23.0. The van der Waals surface area contributed by atoms with Gasteiger partial charge in [0.2, 0.25) is 0 Å². The van der Waals surface area contributed by atoms with E-state index in [1.165, 1.54) is 18.3 Å². The Bertz CT molecular complexity index is 1670. The molecule has 4 aromatic carbocycles. The Morgan fingerprint density at radius 2 is 1.54 bits per heavy atom. The average molecular weight is 460 g/mol. The second-order valence-corrected chi connectivity index (χ2v) is 7.34. The van der Waals surface area contributed by atoms with Gasteiger partial charge in [-0.3, -0.25) is 4.99 Å². The molecular formula is C27H16N4O4. The number of fused-ring (bicyclic) bond motifs is 2. The summed E-state index contributed by atoms with van der Waals surface area (Å²) in [6, 6.07) is 20.5. The van der Waals surface area contributed by atoms with E-state index in [1.807, 2.05) is 18.2 Å². The molecule has 0 aliphatic carbocycles. The van der Waals surface area contributed by atoms with Crippen LogP contribution in [0.3, 0.4) is 0 Å². The summed E-state index contributed by atoms with van der Waals surface area (Å²) in [7, 11) is 0. The van der Waals surface area contributed by atoms with Crippen molar-refractivity contribution in [2.75, 3.05) is 0 Å². The molecule has 0 bridgehead atoms. The zero-order valence-electron chi connectivity index (χ0n) is 18.0. The van der Waals surface area contributed by atoms with Gasteiger partial charge in [0.25, 0.3) is 0 Å². The highest BCUT2D eigenvalue weighted by Crippen LogP contribution is 2.31. The molecule has 0 aliphatic rings. The first-order valence-electron chi connectivity index (χ1n) is 10.2. The van der Waals surface area contributed by atoms with Gasteiger partial charge in [0.05, 0.1) is 5.56 Å². The van der Waals surface area contributed by atoms with Gasteiger partial charge in [0.1, 0.15) is 29.3 Å². The molecule has 0 unspecified atom stereocenters. The summed E-state index contributed by atoms with van der Waals surface area (Å²) in [5, 5.41) is 42.5. The largest absolute Gasteiger partial charge is 0.507 e. The third-order valence-corrected chi connectivity index (χ3v) is 5.30. The predicted octanol–water partition coefficient (Wildman–Crippen LogP) is 5.25. The fourth-order valence-corrected chi connectivity index (χ4v) is 3.61. The van der Waals surface area contributed by atoms with Crippen molar-refractivity contribution in [1.29, 1.82) is 5.26 Å². The first kappa shape index (κ1) is 22.7. The van der Waals surface area contributed by atoms with Gasteiger partial charge in [-0.2, -0.15) is 5.26 Å². The second-order valence-electron chi connectivity index (χ2n) is 7.34. The summed E-state index contributed by atoms with van der Waals surface area (Å²) < 4.78 is 0. The molecule has 4 rings (SSSR count). The molecular weight excluding hydrogens is 444 g/mol. The first-order valence-corrected chi connectivity index (χ1v) is 10.2. The van der Waals surface area contributed by atoms with Crippen LogP contribution in [-0.4, -0.2) is 33.7 Å². The average Bonchev–Trinajstić information content (AvgIpc) is 2.87. The number of aliphatic imine (C=N–C) groups is 2. The molecule has 168 valence electrons. The van der Waals surface area contributed by atoms with Crippen molar-refractivity contribution in [3.05, 3.63) is 106 Å². The van der Waals surface area contributed by atoms with E-state index in [0.29, 0.717) is 21.7 Å². The number of aromatic carboxylic acids is 1. The van der Waals surface area contributed by atoms with Crippen LogP contribution in [0.15, 0.2) is 88.2 Å². The van der Waals surface area contributed by atoms with Crippen molar-refractivity contribution in [2.24, 2.45) is 9.98 Å². The van der Waals surface area contributed by atoms with Crippen LogP contribution in [0.25, 0.3) is 26.4 Å². The highest BCUT2D eigenvalue weighted by Gasteiger charge is 2.17. The fourth-order valence-electron chi connectivity index (χ4n) is 3.61. The van der Waals surface area contributed by atoms with E-state index in [9.17, 15) is 25.4 Å². The van der Waals surface area contributed by atoms with E-state index >= 15 is 0 Å². The Labute approximate surface area is 199 Å². The molecule has 0 radical (unpaired) electrons. The van der Waals surface area contributed by atoms with E-state index in [1.54, 1.807) is 42.5 Å². The number of phenolic OH excluding ortho intramolecular Hbond substituents is 1. The normalized spacial score (nSPS) is 12.1. The van der Waals surface area contributed by atoms with Crippen LogP contribution in [0.4, 0.5) is 0 Å². The lowest BCUT2D eigenvalue weighted by Crippen LogP contribution is -2.00. The molecule has 0 aromatic heterocycles. The van der Waals surface area contributed by atoms with Gasteiger partial charge >= 0.3 is 11.8 Å². The topological polar surface area (TPSA) is 131 Å². The lowest BCUT2D eigenvalue weighted by Gasteiger charge is -2.07. The Balaban J connectivity index is 1.81. The van der Waals surface area contributed by atoms with E-state index in [2.05, 4.69) is 14.8 Å². The number of allylic oxidation sites excluding steroid dienone is 1. The van der Waals surface area contributed by atoms with Crippen LogP contribution in [-0.2, 0) is 0 Å². The molecule has 8 nitrogen and oxygen atoms in total. The van der Waals surface area contributed by atoms with Crippen LogP contribution in [0.2, 0.25) is 0 Å². The Hall–Kier alpha value is -5.47. The minimum Gasteiger partial charge on any atom is -0.507 e. The standard InChI is InChI=1S/C27H16N4O4/c1-29-26(23(13-28)30-14-21-18-8-4-2-6-16(18)10-11-24(21)32)31-15-22-19-9-5-3-7-17(19)12-20(25(22)33)27(34)35/h2-12,14-15,32-33H,(H,34,35). The Morgan fingerprint density at radius 3 is 2.20 bits per heavy atom. The number of phenols is 2. The van der Waals surface area contributed by atoms with Crippen LogP contribution in [0.5, 0.6) is 11.5 Å². The molecule has 0 amide bonds. The monoisotopic (exact) mass is 460 g/mol. The summed E-state index contributed by atoms with van der Waals surface area (Å²) in [5.74, 6) is -2.24. The summed E-state index contributed by atoms with van der Waals surface area (Å²) in [5.41, 5.74) is -0.165. The van der Waals surface area contributed by atoms with Crippen molar-refractivity contribution in [1.82, 2.24) is 0 Å². The molecule has 0 saturated heterocycles. The molecule has 0 atom stereocenters. The van der Waals surface area contributed by atoms with Gasteiger partial charge in [0.15, 0.2) is 5.70 Å². The van der Waals surface area contributed by atoms with E-state index in [-0.39, 0.29) is 28.4 Å². The van der Waals surface area contributed by atoms with Crippen LogP contribution in [0.1, 0.15) is 21.5 Å². The van der Waals surface area contributed by atoms with Crippen molar-refractivity contribution in [3.63, 3.8) is 0 Å². The lowest BCUT2D eigenvalue weighted by atomic mass is 10.00. The SMILES string of the molecule is [C-]#[N+]C(N=Cc1c(O)c(C(=O)O)cc2ccccc12)=C(C#N)N=Cc1c(O)ccc2ccccc12. The highest BCUT2D eigenvalue weighted by atomic mass is 16.4. The number of carbonyl (C=O) groups is 1. The van der Waals surface area contributed by atoms with Gasteiger partial charge in [-0.25, -0.2) is 4.79 Å². The Morgan fingerprint density at radius 1 is 0.914 bits per heavy atom. The van der Waals surface area contributed by atoms with Gasteiger partial charge in [-0.1, -0.05) is 61.2 Å². The van der Waals surface area contributed by atoms with Gasteiger partial charge in [-0.05, 0) is 33.7 Å². The number of benzene rings is 4. The molecule has 0 heterocycles. The summed E-state index contributed by atoms with van der Waals surface area (Å²) in [6.07, 6.45) is 2.43. The molecule has 35 heavy (non-hydrogen) atoms. The number of rotatable bonds is 5. The van der Waals surface area contributed by atoms with Crippen LogP contribution in [0, 0.1) is 17.9 Å². The predicted molar refractivity (Wildman–Crippen MR) is 133 cm³/mol. The quantitative estimate of drug-likeness (QED) is 0.213. The number of aromatic hydroxyl groups is 2. The number of hydrogen-bond acceptors (Lipinski definition) is 6. The smallest absolute Gasteiger partial charge is 0.339 e. The lowest BCUT2D eigenvalue weighted by molar-refractivity contribution is 0.0694. The van der Waals surface area contributed by atoms with E-state index in [4.69, 9.17) is 6.57 Å². The summed E-state index contributed by atoms with van der Waals surface area (Å²) in [6.45, 7) is 7.47. The highest BCUT2D eigenvalue weighted by molar-refractivity contribution is 6.08. The van der Waals surface area contributed by atoms with Gasteiger partial charge in [0, 0.05) is 11.8 Å². The van der Waals surface area contributed by atoms with Gasteiger partial charge in [-0.15, -0.1) is 4.99 Å². The maximum absolute atomic E-state index is 11.6. The molecule has 3 N–H and O–H groups in total. The third kappa shape index (κ3) is 4.40. The number of hydrogen-bond donors (Lipinski definition) is 3.